The molecule has 0 heterocycles. The summed E-state index contributed by atoms with van der Waals surface area (Å²) in [6.45, 7) is 2.14. The van der Waals surface area contributed by atoms with E-state index in [9.17, 15) is 13.8 Å². The average Bonchev–Trinajstić information content (AvgIpc) is 2.35. The van der Waals surface area contributed by atoms with Gasteiger partial charge in [-0.05, 0) is 19.8 Å². The lowest BCUT2D eigenvalue weighted by Crippen LogP contribution is -2.42. The van der Waals surface area contributed by atoms with Crippen LogP contribution in [0.1, 0.15) is 32.6 Å². The highest BCUT2D eigenvalue weighted by Crippen LogP contribution is 2.30. The van der Waals surface area contributed by atoms with Crippen molar-refractivity contribution in [2.45, 2.75) is 37.9 Å². The molecule has 1 rings (SSSR count). The van der Waals surface area contributed by atoms with Gasteiger partial charge in [0, 0.05) is 28.9 Å². The van der Waals surface area contributed by atoms with Crippen molar-refractivity contribution in [3.8, 4) is 0 Å². The fraction of sp³-hybridized carbons (Fsp3) is 0.833. The maximum absolute atomic E-state index is 12.0. The molecule has 0 aliphatic heterocycles. The Kier molecular flexibility index (Phi) is 5.78. The third-order valence-electron chi connectivity index (χ3n) is 3.55. The second-order valence-electron chi connectivity index (χ2n) is 4.89. The van der Waals surface area contributed by atoms with Crippen molar-refractivity contribution in [2.24, 2.45) is 11.8 Å². The number of hydrogen-bond donors (Lipinski definition) is 2. The summed E-state index contributed by atoms with van der Waals surface area (Å²) in [6, 6.07) is 0. The van der Waals surface area contributed by atoms with E-state index >= 15 is 0 Å². The summed E-state index contributed by atoms with van der Waals surface area (Å²) in [5.74, 6) is -2.10. The van der Waals surface area contributed by atoms with Crippen molar-refractivity contribution < 1.29 is 18.9 Å². The minimum absolute atomic E-state index is 0.110. The van der Waals surface area contributed by atoms with E-state index in [1.165, 1.54) is 0 Å². The molecule has 1 amide bonds. The third-order valence-corrected chi connectivity index (χ3v) is 4.85. The molecule has 0 radical (unpaired) electrons. The average molecular weight is 275 g/mol. The Bertz CT molecular complexity index is 345. The third kappa shape index (κ3) is 4.08. The number of hydrogen-bond acceptors (Lipinski definition) is 3. The smallest absolute Gasteiger partial charge is 0.307 e. The standard InChI is InChI=1S/C12H21NO4S/c1-8(18(2)17)7-13-11(14)9-5-3-4-6-10(9)12(15)16/h8-10H,3-7H2,1-2H3,(H,13,14)(H,15,16). The molecule has 1 saturated carbocycles. The molecule has 1 aliphatic rings. The van der Waals surface area contributed by atoms with Gasteiger partial charge in [0.2, 0.25) is 5.91 Å². The van der Waals surface area contributed by atoms with Crippen molar-refractivity contribution in [2.75, 3.05) is 12.8 Å². The Labute approximate surface area is 110 Å². The molecule has 6 heteroatoms. The lowest BCUT2D eigenvalue weighted by molar-refractivity contribution is -0.148. The lowest BCUT2D eigenvalue weighted by atomic mass is 9.79. The highest BCUT2D eigenvalue weighted by molar-refractivity contribution is 7.84. The Morgan fingerprint density at radius 2 is 1.89 bits per heavy atom. The van der Waals surface area contributed by atoms with Crippen molar-refractivity contribution >= 4 is 22.7 Å². The quantitative estimate of drug-likeness (QED) is 0.776. The molecule has 0 aromatic heterocycles. The van der Waals surface area contributed by atoms with Gasteiger partial charge in [0.25, 0.3) is 0 Å². The van der Waals surface area contributed by atoms with Crippen LogP contribution in [0.5, 0.6) is 0 Å². The predicted molar refractivity (Wildman–Crippen MR) is 69.6 cm³/mol. The van der Waals surface area contributed by atoms with Gasteiger partial charge in [0.15, 0.2) is 0 Å². The molecule has 0 spiro atoms. The molecule has 0 aromatic carbocycles. The van der Waals surface area contributed by atoms with Crippen molar-refractivity contribution in [1.82, 2.24) is 5.32 Å². The topological polar surface area (TPSA) is 83.5 Å². The maximum Gasteiger partial charge on any atom is 0.307 e. The number of carbonyl (C=O) groups is 2. The van der Waals surface area contributed by atoms with E-state index in [1.54, 1.807) is 13.2 Å². The van der Waals surface area contributed by atoms with E-state index in [4.69, 9.17) is 5.11 Å². The molecule has 2 N–H and O–H groups in total. The van der Waals surface area contributed by atoms with Crippen molar-refractivity contribution in [3.05, 3.63) is 0 Å². The molecule has 1 fully saturated rings. The molecule has 0 aromatic rings. The number of nitrogens with one attached hydrogen (secondary N) is 1. The molecule has 18 heavy (non-hydrogen) atoms. The van der Waals surface area contributed by atoms with Crippen LogP contribution in [0, 0.1) is 11.8 Å². The normalized spacial score (nSPS) is 27.2. The number of rotatable bonds is 5. The minimum Gasteiger partial charge on any atom is -0.481 e. The number of aliphatic carboxylic acids is 1. The zero-order chi connectivity index (χ0) is 13.7. The van der Waals surface area contributed by atoms with Gasteiger partial charge in [-0.3, -0.25) is 13.8 Å². The first-order valence-corrected chi connectivity index (χ1v) is 7.88. The SMILES string of the molecule is CC(CNC(=O)C1CCCCC1C(=O)O)S(C)=O. The van der Waals surface area contributed by atoms with Crippen LogP contribution in [0.3, 0.4) is 0 Å². The fourth-order valence-electron chi connectivity index (χ4n) is 2.23. The van der Waals surface area contributed by atoms with Crippen LogP contribution < -0.4 is 5.32 Å². The molecule has 0 saturated heterocycles. The van der Waals surface area contributed by atoms with Crippen LogP contribution in [0.4, 0.5) is 0 Å². The van der Waals surface area contributed by atoms with Gasteiger partial charge >= 0.3 is 5.97 Å². The monoisotopic (exact) mass is 275 g/mol. The summed E-state index contributed by atoms with van der Waals surface area (Å²) in [6.07, 6.45) is 4.57. The number of carboxylic acids is 1. The largest absolute Gasteiger partial charge is 0.481 e. The van der Waals surface area contributed by atoms with Crippen LogP contribution in [-0.4, -0.2) is 39.2 Å². The molecular weight excluding hydrogens is 254 g/mol. The summed E-state index contributed by atoms with van der Waals surface area (Å²) in [5.41, 5.74) is 0. The summed E-state index contributed by atoms with van der Waals surface area (Å²) in [7, 11) is -0.980. The highest BCUT2D eigenvalue weighted by atomic mass is 32.2. The summed E-state index contributed by atoms with van der Waals surface area (Å²) >= 11 is 0. The maximum atomic E-state index is 12.0. The number of carboxylic acid groups (broad SMARTS) is 1. The predicted octanol–water partition coefficient (Wildman–Crippen LogP) is 0.761. The first-order chi connectivity index (χ1) is 8.43. The van der Waals surface area contributed by atoms with Crippen molar-refractivity contribution in [1.29, 1.82) is 0 Å². The minimum atomic E-state index is -0.980. The van der Waals surface area contributed by atoms with Gasteiger partial charge in [0.05, 0.1) is 11.8 Å². The molecule has 0 bridgehead atoms. The van der Waals surface area contributed by atoms with Crippen LogP contribution in [0.25, 0.3) is 0 Å². The second kappa shape index (κ2) is 6.87. The molecule has 5 nitrogen and oxygen atoms in total. The first-order valence-electron chi connectivity index (χ1n) is 6.26. The van der Waals surface area contributed by atoms with Crippen LogP contribution in [0.2, 0.25) is 0 Å². The van der Waals surface area contributed by atoms with E-state index < -0.39 is 28.6 Å². The van der Waals surface area contributed by atoms with Crippen LogP contribution >= 0.6 is 0 Å². The van der Waals surface area contributed by atoms with Crippen molar-refractivity contribution in [3.63, 3.8) is 0 Å². The van der Waals surface area contributed by atoms with E-state index in [0.29, 0.717) is 19.4 Å². The second-order valence-corrected chi connectivity index (χ2v) is 6.69. The zero-order valence-electron chi connectivity index (χ0n) is 10.8. The zero-order valence-corrected chi connectivity index (χ0v) is 11.7. The van der Waals surface area contributed by atoms with Gasteiger partial charge in [-0.15, -0.1) is 0 Å². The number of amides is 1. The number of carbonyl (C=O) groups excluding carboxylic acids is 1. The van der Waals surface area contributed by atoms with Crippen LogP contribution in [-0.2, 0) is 20.4 Å². The first kappa shape index (κ1) is 15.1. The van der Waals surface area contributed by atoms with E-state index in [1.807, 2.05) is 0 Å². The van der Waals surface area contributed by atoms with Gasteiger partial charge in [0.1, 0.15) is 0 Å². The van der Waals surface area contributed by atoms with E-state index in [-0.39, 0.29) is 11.2 Å². The van der Waals surface area contributed by atoms with Gasteiger partial charge < -0.3 is 10.4 Å². The Morgan fingerprint density at radius 3 is 2.39 bits per heavy atom. The molecule has 4 atom stereocenters. The van der Waals surface area contributed by atoms with E-state index in [2.05, 4.69) is 5.32 Å². The van der Waals surface area contributed by atoms with E-state index in [0.717, 1.165) is 12.8 Å². The molecule has 1 aliphatic carbocycles. The Balaban J connectivity index is 2.53. The molecular formula is C12H21NO4S. The van der Waals surface area contributed by atoms with Gasteiger partial charge in [-0.25, -0.2) is 0 Å². The highest BCUT2D eigenvalue weighted by Gasteiger charge is 2.35. The summed E-state index contributed by atoms with van der Waals surface area (Å²) in [4.78, 5) is 23.1. The molecule has 4 unspecified atom stereocenters. The lowest BCUT2D eigenvalue weighted by Gasteiger charge is -2.27. The summed E-state index contributed by atoms with van der Waals surface area (Å²) < 4.78 is 11.2. The van der Waals surface area contributed by atoms with Gasteiger partial charge in [-0.1, -0.05) is 12.8 Å². The Morgan fingerprint density at radius 1 is 1.33 bits per heavy atom. The molecule has 104 valence electrons. The van der Waals surface area contributed by atoms with Crippen LogP contribution in [0.15, 0.2) is 0 Å². The Hall–Kier alpha value is -0.910. The fourth-order valence-corrected chi connectivity index (χ4v) is 2.55. The van der Waals surface area contributed by atoms with Gasteiger partial charge in [-0.2, -0.15) is 0 Å². The summed E-state index contributed by atoms with van der Waals surface area (Å²) in [5, 5.41) is 11.7.